The smallest absolute Gasteiger partial charge is 0.319 e. The van der Waals surface area contributed by atoms with E-state index < -0.39 is 0 Å². The minimum absolute atomic E-state index is 0.112. The van der Waals surface area contributed by atoms with E-state index in [0.717, 1.165) is 6.42 Å². The summed E-state index contributed by atoms with van der Waals surface area (Å²) in [6.45, 7) is 1.07. The first kappa shape index (κ1) is 12.6. The van der Waals surface area contributed by atoms with E-state index in [4.69, 9.17) is 14.2 Å². The van der Waals surface area contributed by atoms with Gasteiger partial charge in [-0.15, -0.1) is 0 Å². The van der Waals surface area contributed by atoms with Gasteiger partial charge in [-0.1, -0.05) is 0 Å². The molecule has 2 rings (SSSR count). The summed E-state index contributed by atoms with van der Waals surface area (Å²) in [6.07, 6.45) is 2.18. The van der Waals surface area contributed by atoms with E-state index in [9.17, 15) is 4.79 Å². The maximum Gasteiger partial charge on any atom is 0.319 e. The molecule has 18 heavy (non-hydrogen) atoms. The van der Waals surface area contributed by atoms with Crippen LogP contribution in [-0.4, -0.2) is 43.3 Å². The number of aromatic nitrogens is 2. The lowest BCUT2D eigenvalue weighted by atomic mass is 10.1. The Morgan fingerprint density at radius 1 is 1.50 bits per heavy atom. The van der Waals surface area contributed by atoms with Gasteiger partial charge in [-0.05, 0) is 6.42 Å². The van der Waals surface area contributed by atoms with Crippen molar-refractivity contribution in [2.75, 3.05) is 32.8 Å². The van der Waals surface area contributed by atoms with E-state index in [1.54, 1.807) is 0 Å². The summed E-state index contributed by atoms with van der Waals surface area (Å²) in [6, 6.07) is 0.189. The van der Waals surface area contributed by atoms with Crippen LogP contribution in [0.4, 0.5) is 5.69 Å². The maximum atomic E-state index is 11.9. The third-order valence-electron chi connectivity index (χ3n) is 2.67. The second-order valence-electron chi connectivity index (χ2n) is 3.83. The van der Waals surface area contributed by atoms with Crippen molar-refractivity contribution in [3.8, 4) is 11.9 Å². The van der Waals surface area contributed by atoms with Gasteiger partial charge in [-0.3, -0.25) is 4.79 Å². The minimum atomic E-state index is -0.128. The highest BCUT2D eigenvalue weighted by Gasteiger charge is 2.24. The summed E-state index contributed by atoms with van der Waals surface area (Å²) in [4.78, 5) is 19.8. The van der Waals surface area contributed by atoms with Crippen LogP contribution in [0, 0.1) is 5.92 Å². The summed E-state index contributed by atoms with van der Waals surface area (Å²) in [5.74, 6) is 0.0329. The average Bonchev–Trinajstić information content (AvgIpc) is 2.93. The molecule has 1 N–H and O–H groups in total. The molecule has 1 unspecified atom stereocenters. The van der Waals surface area contributed by atoms with Gasteiger partial charge in [0.1, 0.15) is 5.69 Å². The van der Waals surface area contributed by atoms with Crippen LogP contribution in [0.15, 0.2) is 6.20 Å². The summed E-state index contributed by atoms with van der Waals surface area (Å²) in [7, 11) is 2.93. The maximum absolute atomic E-state index is 11.9. The zero-order valence-electron chi connectivity index (χ0n) is 10.3. The van der Waals surface area contributed by atoms with Crippen molar-refractivity contribution >= 4 is 11.6 Å². The highest BCUT2D eigenvalue weighted by Crippen LogP contribution is 2.24. The molecule has 1 aliphatic heterocycles. The lowest BCUT2D eigenvalue weighted by molar-refractivity contribution is -0.119. The molecule has 1 aliphatic rings. The molecule has 0 aromatic carbocycles. The minimum Gasteiger partial charge on any atom is -0.479 e. The number of methoxy groups -OCH3 is 2. The lowest BCUT2D eigenvalue weighted by Gasteiger charge is -2.11. The highest BCUT2D eigenvalue weighted by molar-refractivity contribution is 5.93. The molecule has 0 aliphatic carbocycles. The number of hydrogen-bond donors (Lipinski definition) is 1. The van der Waals surface area contributed by atoms with E-state index in [-0.39, 0.29) is 23.7 Å². The SMILES string of the molecule is COc1ncc(NC(=O)C2CCOC2)c(OC)n1. The summed E-state index contributed by atoms with van der Waals surface area (Å²) >= 11 is 0. The van der Waals surface area contributed by atoms with Crippen LogP contribution in [0.5, 0.6) is 11.9 Å². The number of amides is 1. The van der Waals surface area contributed by atoms with Gasteiger partial charge >= 0.3 is 6.01 Å². The number of nitrogens with zero attached hydrogens (tertiary/aromatic N) is 2. The largest absolute Gasteiger partial charge is 0.479 e. The van der Waals surface area contributed by atoms with Gasteiger partial charge in [0.15, 0.2) is 0 Å². The van der Waals surface area contributed by atoms with Gasteiger partial charge in [-0.25, -0.2) is 4.98 Å². The molecule has 0 bridgehead atoms. The molecule has 0 spiro atoms. The Bertz CT molecular complexity index is 432. The number of hydrogen-bond acceptors (Lipinski definition) is 6. The van der Waals surface area contributed by atoms with Crippen molar-refractivity contribution in [2.45, 2.75) is 6.42 Å². The first-order valence-corrected chi connectivity index (χ1v) is 5.58. The van der Waals surface area contributed by atoms with Crippen LogP contribution in [0.25, 0.3) is 0 Å². The molecule has 2 heterocycles. The molecular weight excluding hydrogens is 238 g/mol. The molecule has 1 fully saturated rings. The average molecular weight is 253 g/mol. The van der Waals surface area contributed by atoms with Gasteiger partial charge in [0.05, 0.1) is 32.9 Å². The molecule has 1 atom stereocenters. The fourth-order valence-electron chi connectivity index (χ4n) is 1.67. The predicted molar refractivity (Wildman–Crippen MR) is 62.7 cm³/mol. The third-order valence-corrected chi connectivity index (χ3v) is 2.67. The molecule has 1 saturated heterocycles. The van der Waals surface area contributed by atoms with Crippen molar-refractivity contribution in [1.29, 1.82) is 0 Å². The molecular formula is C11H15N3O4. The Morgan fingerprint density at radius 2 is 2.33 bits per heavy atom. The number of ether oxygens (including phenoxy) is 3. The van der Waals surface area contributed by atoms with Crippen molar-refractivity contribution < 1.29 is 19.0 Å². The Kier molecular flexibility index (Phi) is 3.93. The van der Waals surface area contributed by atoms with E-state index in [1.165, 1.54) is 20.4 Å². The van der Waals surface area contributed by atoms with Crippen LogP contribution in [0.2, 0.25) is 0 Å². The van der Waals surface area contributed by atoms with Crippen LogP contribution < -0.4 is 14.8 Å². The Hall–Kier alpha value is -1.89. The van der Waals surface area contributed by atoms with Crippen molar-refractivity contribution in [3.05, 3.63) is 6.20 Å². The van der Waals surface area contributed by atoms with E-state index >= 15 is 0 Å². The summed E-state index contributed by atoms with van der Waals surface area (Å²) in [5, 5.41) is 2.73. The normalized spacial score (nSPS) is 18.4. The monoisotopic (exact) mass is 253 g/mol. The fraction of sp³-hybridized carbons (Fsp3) is 0.545. The molecule has 1 aromatic heterocycles. The standard InChI is InChI=1S/C11H15N3O4/c1-16-10-8(5-12-11(14-10)17-2)13-9(15)7-3-4-18-6-7/h5,7H,3-4,6H2,1-2H3,(H,13,15). The number of rotatable bonds is 4. The molecule has 7 heteroatoms. The van der Waals surface area contributed by atoms with Crippen molar-refractivity contribution in [1.82, 2.24) is 9.97 Å². The molecule has 1 aromatic rings. The van der Waals surface area contributed by atoms with Gasteiger partial charge < -0.3 is 19.5 Å². The van der Waals surface area contributed by atoms with E-state index in [1.807, 2.05) is 0 Å². The number of nitrogens with one attached hydrogen (secondary N) is 1. The first-order chi connectivity index (χ1) is 8.74. The predicted octanol–water partition coefficient (Wildman–Crippen LogP) is 0.469. The van der Waals surface area contributed by atoms with Gasteiger partial charge in [0.2, 0.25) is 11.8 Å². The van der Waals surface area contributed by atoms with Crippen LogP contribution in [0.1, 0.15) is 6.42 Å². The number of carbonyl (C=O) groups is 1. The second-order valence-corrected chi connectivity index (χ2v) is 3.83. The van der Waals surface area contributed by atoms with Gasteiger partial charge in [0, 0.05) is 6.61 Å². The topological polar surface area (TPSA) is 82.6 Å². The lowest BCUT2D eigenvalue weighted by Crippen LogP contribution is -2.23. The van der Waals surface area contributed by atoms with E-state index in [2.05, 4.69) is 15.3 Å². The molecule has 0 saturated carbocycles. The zero-order chi connectivity index (χ0) is 13.0. The molecule has 98 valence electrons. The molecule has 0 radical (unpaired) electrons. The Balaban J connectivity index is 2.10. The summed E-state index contributed by atoms with van der Waals surface area (Å²) < 4.78 is 15.1. The first-order valence-electron chi connectivity index (χ1n) is 5.58. The van der Waals surface area contributed by atoms with E-state index in [0.29, 0.717) is 18.9 Å². The van der Waals surface area contributed by atoms with Gasteiger partial charge in [0.25, 0.3) is 0 Å². The molecule has 7 nitrogen and oxygen atoms in total. The Labute approximate surface area is 104 Å². The second kappa shape index (κ2) is 5.63. The summed E-state index contributed by atoms with van der Waals surface area (Å²) in [5.41, 5.74) is 0.426. The zero-order valence-corrected chi connectivity index (χ0v) is 10.3. The quantitative estimate of drug-likeness (QED) is 0.839. The fourth-order valence-corrected chi connectivity index (χ4v) is 1.67. The number of anilines is 1. The van der Waals surface area contributed by atoms with Crippen LogP contribution in [-0.2, 0) is 9.53 Å². The van der Waals surface area contributed by atoms with Gasteiger partial charge in [-0.2, -0.15) is 4.98 Å². The van der Waals surface area contributed by atoms with Crippen LogP contribution in [0.3, 0.4) is 0 Å². The number of carbonyl (C=O) groups excluding carboxylic acids is 1. The highest BCUT2D eigenvalue weighted by atomic mass is 16.5. The third kappa shape index (κ3) is 2.67. The molecule has 1 amide bonds. The van der Waals surface area contributed by atoms with Crippen molar-refractivity contribution in [3.63, 3.8) is 0 Å². The van der Waals surface area contributed by atoms with Crippen LogP contribution >= 0.6 is 0 Å². The Morgan fingerprint density at radius 3 is 2.94 bits per heavy atom. The van der Waals surface area contributed by atoms with Crippen molar-refractivity contribution in [2.24, 2.45) is 5.92 Å².